The van der Waals surface area contributed by atoms with Gasteiger partial charge in [-0.3, -0.25) is 4.79 Å². The molecule has 4 heteroatoms. The third-order valence-corrected chi connectivity index (χ3v) is 4.52. The molecular weight excluding hydrogens is 306 g/mol. The van der Waals surface area contributed by atoms with Gasteiger partial charge in [0.2, 0.25) is 0 Å². The van der Waals surface area contributed by atoms with Crippen molar-refractivity contribution < 1.29 is 9.90 Å². The van der Waals surface area contributed by atoms with Crippen molar-refractivity contribution in [3.05, 3.63) is 33.8 Å². The number of rotatable bonds is 3. The summed E-state index contributed by atoms with van der Waals surface area (Å²) in [6, 6.07) is 5.68. The predicted octanol–water partition coefficient (Wildman–Crippen LogP) is 3.18. The Labute approximate surface area is 122 Å². The summed E-state index contributed by atoms with van der Waals surface area (Å²) < 4.78 is 0.800. The lowest BCUT2D eigenvalue weighted by atomic mass is 9.82. The summed E-state index contributed by atoms with van der Waals surface area (Å²) in [4.78, 5) is 12.4. The van der Waals surface area contributed by atoms with Crippen LogP contribution in [0.1, 0.15) is 48.0 Å². The number of aryl methyl sites for hydroxylation is 1. The highest BCUT2D eigenvalue weighted by Gasteiger charge is 2.33. The number of aliphatic hydroxyl groups is 1. The van der Waals surface area contributed by atoms with E-state index in [1.54, 1.807) is 0 Å². The lowest BCUT2D eigenvalue weighted by Gasteiger charge is -2.36. The van der Waals surface area contributed by atoms with E-state index >= 15 is 0 Å². The largest absolute Gasteiger partial charge is 0.394 e. The average Bonchev–Trinajstić information content (AvgIpc) is 2.39. The molecule has 104 valence electrons. The molecule has 1 fully saturated rings. The van der Waals surface area contributed by atoms with E-state index in [4.69, 9.17) is 0 Å². The van der Waals surface area contributed by atoms with Crippen LogP contribution in [0.5, 0.6) is 0 Å². The number of amides is 1. The Balaban J connectivity index is 2.15. The summed E-state index contributed by atoms with van der Waals surface area (Å²) in [5.74, 6) is -0.108. The first-order valence-corrected chi connectivity index (χ1v) is 7.55. The van der Waals surface area contributed by atoms with Gasteiger partial charge in [0.1, 0.15) is 0 Å². The number of hydrogen-bond acceptors (Lipinski definition) is 2. The monoisotopic (exact) mass is 325 g/mol. The molecule has 1 saturated carbocycles. The molecule has 1 amide bonds. The molecule has 0 atom stereocenters. The maximum absolute atomic E-state index is 12.4. The van der Waals surface area contributed by atoms with Crippen LogP contribution in [-0.2, 0) is 0 Å². The smallest absolute Gasteiger partial charge is 0.252 e. The predicted molar refractivity (Wildman–Crippen MR) is 79.2 cm³/mol. The van der Waals surface area contributed by atoms with Crippen LogP contribution in [-0.4, -0.2) is 23.2 Å². The fourth-order valence-electron chi connectivity index (χ4n) is 2.66. The molecule has 0 unspecified atom stereocenters. The molecule has 0 radical (unpaired) electrons. The van der Waals surface area contributed by atoms with Crippen LogP contribution < -0.4 is 5.32 Å². The maximum atomic E-state index is 12.4. The molecule has 2 N–H and O–H groups in total. The molecule has 0 aromatic heterocycles. The topological polar surface area (TPSA) is 49.3 Å². The summed E-state index contributed by atoms with van der Waals surface area (Å²) in [6.45, 7) is 2.00. The van der Waals surface area contributed by atoms with Crippen LogP contribution in [0.3, 0.4) is 0 Å². The average molecular weight is 326 g/mol. The molecule has 3 nitrogen and oxygen atoms in total. The van der Waals surface area contributed by atoms with Gasteiger partial charge in [-0.05, 0) is 53.4 Å². The number of hydrogen-bond donors (Lipinski definition) is 2. The molecule has 1 aliphatic carbocycles. The summed E-state index contributed by atoms with van der Waals surface area (Å²) in [6.07, 6.45) is 5.04. The molecule has 19 heavy (non-hydrogen) atoms. The van der Waals surface area contributed by atoms with E-state index in [-0.39, 0.29) is 12.5 Å². The van der Waals surface area contributed by atoms with E-state index in [1.165, 1.54) is 6.42 Å². The van der Waals surface area contributed by atoms with Crippen LogP contribution >= 0.6 is 15.9 Å². The van der Waals surface area contributed by atoms with E-state index in [9.17, 15) is 9.90 Å². The Morgan fingerprint density at radius 1 is 1.37 bits per heavy atom. The van der Waals surface area contributed by atoms with Gasteiger partial charge in [0.05, 0.1) is 17.7 Å². The Morgan fingerprint density at radius 2 is 2.05 bits per heavy atom. The number of carbonyl (C=O) groups is 1. The number of nitrogens with one attached hydrogen (secondary N) is 1. The van der Waals surface area contributed by atoms with Gasteiger partial charge in [-0.1, -0.05) is 25.3 Å². The summed E-state index contributed by atoms with van der Waals surface area (Å²) in [5, 5.41) is 12.7. The van der Waals surface area contributed by atoms with Gasteiger partial charge < -0.3 is 10.4 Å². The van der Waals surface area contributed by atoms with Crippen molar-refractivity contribution >= 4 is 21.8 Å². The van der Waals surface area contributed by atoms with Crippen molar-refractivity contribution in [1.82, 2.24) is 5.32 Å². The minimum absolute atomic E-state index is 0.0161. The molecule has 2 rings (SSSR count). The van der Waals surface area contributed by atoms with Crippen LogP contribution in [0.15, 0.2) is 22.7 Å². The second-order valence-corrected chi connectivity index (χ2v) is 6.29. The molecule has 1 aromatic carbocycles. The Kier molecular flexibility index (Phi) is 4.63. The lowest BCUT2D eigenvalue weighted by Crippen LogP contribution is -2.52. The summed E-state index contributed by atoms with van der Waals surface area (Å²) >= 11 is 3.43. The fraction of sp³-hybridized carbons (Fsp3) is 0.533. The van der Waals surface area contributed by atoms with Crippen molar-refractivity contribution in [3.8, 4) is 0 Å². The zero-order valence-corrected chi connectivity index (χ0v) is 12.8. The number of carbonyl (C=O) groups excluding carboxylic acids is 1. The van der Waals surface area contributed by atoms with E-state index in [2.05, 4.69) is 21.2 Å². The minimum atomic E-state index is -0.431. The highest BCUT2D eigenvalue weighted by molar-refractivity contribution is 9.10. The van der Waals surface area contributed by atoms with Crippen molar-refractivity contribution in [3.63, 3.8) is 0 Å². The fourth-order valence-corrected chi connectivity index (χ4v) is 3.34. The Morgan fingerprint density at radius 3 is 2.63 bits per heavy atom. The Hall–Kier alpha value is -0.870. The van der Waals surface area contributed by atoms with Crippen LogP contribution in [0, 0.1) is 6.92 Å². The maximum Gasteiger partial charge on any atom is 0.252 e. The van der Waals surface area contributed by atoms with Crippen molar-refractivity contribution in [2.75, 3.05) is 6.61 Å². The normalized spacial score (nSPS) is 18.1. The third-order valence-electron chi connectivity index (χ3n) is 3.86. The van der Waals surface area contributed by atoms with Crippen LogP contribution in [0.4, 0.5) is 0 Å². The van der Waals surface area contributed by atoms with E-state index in [0.717, 1.165) is 35.7 Å². The molecule has 0 bridgehead atoms. The second-order valence-electron chi connectivity index (χ2n) is 5.44. The highest BCUT2D eigenvalue weighted by Crippen LogP contribution is 2.28. The molecule has 1 aliphatic rings. The quantitative estimate of drug-likeness (QED) is 0.896. The van der Waals surface area contributed by atoms with Gasteiger partial charge in [-0.25, -0.2) is 0 Å². The zero-order chi connectivity index (χ0) is 13.9. The van der Waals surface area contributed by atoms with Gasteiger partial charge >= 0.3 is 0 Å². The number of aliphatic hydroxyl groups excluding tert-OH is 1. The summed E-state index contributed by atoms with van der Waals surface area (Å²) in [5.41, 5.74) is 1.31. The van der Waals surface area contributed by atoms with Gasteiger partial charge in [-0.15, -0.1) is 0 Å². The highest BCUT2D eigenvalue weighted by atomic mass is 79.9. The van der Waals surface area contributed by atoms with Crippen LogP contribution in [0.25, 0.3) is 0 Å². The van der Waals surface area contributed by atoms with Crippen molar-refractivity contribution in [2.45, 2.75) is 44.6 Å². The number of benzene rings is 1. The first kappa shape index (κ1) is 14.5. The molecular formula is C15H20BrNO2. The van der Waals surface area contributed by atoms with Crippen molar-refractivity contribution in [1.29, 1.82) is 0 Å². The van der Waals surface area contributed by atoms with E-state index in [1.807, 2.05) is 25.1 Å². The molecule has 0 saturated heterocycles. The molecule has 0 aliphatic heterocycles. The molecule has 0 spiro atoms. The molecule has 1 aromatic rings. The zero-order valence-electron chi connectivity index (χ0n) is 11.2. The van der Waals surface area contributed by atoms with Gasteiger partial charge in [0.25, 0.3) is 5.91 Å². The molecule has 0 heterocycles. The van der Waals surface area contributed by atoms with Gasteiger partial charge in [0.15, 0.2) is 0 Å². The second kappa shape index (κ2) is 6.06. The first-order valence-electron chi connectivity index (χ1n) is 6.76. The van der Waals surface area contributed by atoms with E-state index in [0.29, 0.717) is 5.56 Å². The lowest BCUT2D eigenvalue weighted by molar-refractivity contribution is 0.0758. The standard InChI is InChI=1S/C15H20BrNO2/c1-11-5-6-12(13(16)9-11)14(19)17-15(10-18)7-3-2-4-8-15/h5-6,9,18H,2-4,7-8,10H2,1H3,(H,17,19). The van der Waals surface area contributed by atoms with Gasteiger partial charge in [0, 0.05) is 4.47 Å². The Bertz CT molecular complexity index is 467. The third kappa shape index (κ3) is 3.37. The van der Waals surface area contributed by atoms with Crippen LogP contribution in [0.2, 0.25) is 0 Å². The minimum Gasteiger partial charge on any atom is -0.394 e. The summed E-state index contributed by atoms with van der Waals surface area (Å²) in [7, 11) is 0. The first-order chi connectivity index (χ1) is 9.06. The van der Waals surface area contributed by atoms with Crippen molar-refractivity contribution in [2.24, 2.45) is 0 Å². The van der Waals surface area contributed by atoms with E-state index < -0.39 is 5.54 Å². The van der Waals surface area contributed by atoms with Gasteiger partial charge in [-0.2, -0.15) is 0 Å². The number of halogens is 1. The SMILES string of the molecule is Cc1ccc(C(=O)NC2(CO)CCCCC2)c(Br)c1.